The van der Waals surface area contributed by atoms with Crippen LogP contribution in [0, 0.1) is 3.57 Å². The summed E-state index contributed by atoms with van der Waals surface area (Å²) in [5, 5.41) is 5.56. The van der Waals surface area contributed by atoms with Gasteiger partial charge in [0.1, 0.15) is 0 Å². The summed E-state index contributed by atoms with van der Waals surface area (Å²) in [4.78, 5) is 11.6. The summed E-state index contributed by atoms with van der Waals surface area (Å²) in [5.74, 6) is 0. The first-order valence-corrected chi connectivity index (χ1v) is 6.02. The number of ether oxygens (including phenoxy) is 1. The van der Waals surface area contributed by atoms with Crippen LogP contribution in [0.4, 0.5) is 10.5 Å². The van der Waals surface area contributed by atoms with Crippen molar-refractivity contribution in [2.45, 2.75) is 13.0 Å². The molecule has 0 unspecified atom stereocenters. The number of urea groups is 1. The minimum absolute atomic E-state index is 0.00799. The van der Waals surface area contributed by atoms with E-state index in [0.717, 1.165) is 9.26 Å². The molecule has 1 rings (SSSR count). The predicted molar refractivity (Wildman–Crippen MR) is 72.7 cm³/mol. The molecule has 0 radical (unpaired) electrons. The number of nitrogens with one attached hydrogen (secondary N) is 2. The Morgan fingerprint density at radius 1 is 1.50 bits per heavy atom. The van der Waals surface area contributed by atoms with Gasteiger partial charge in [-0.05, 0) is 41.6 Å². The van der Waals surface area contributed by atoms with Gasteiger partial charge in [-0.1, -0.05) is 12.1 Å². The van der Waals surface area contributed by atoms with Crippen LogP contribution < -0.4 is 10.6 Å². The maximum atomic E-state index is 11.6. The third kappa shape index (κ3) is 4.36. The Kier molecular flexibility index (Phi) is 5.54. The van der Waals surface area contributed by atoms with Crippen LogP contribution in [0.1, 0.15) is 6.92 Å². The van der Waals surface area contributed by atoms with E-state index < -0.39 is 0 Å². The first-order chi connectivity index (χ1) is 7.63. The van der Waals surface area contributed by atoms with E-state index >= 15 is 0 Å². The quantitative estimate of drug-likeness (QED) is 0.831. The molecule has 1 atom stereocenters. The fourth-order valence-corrected chi connectivity index (χ4v) is 1.76. The van der Waals surface area contributed by atoms with Crippen LogP contribution in [0.25, 0.3) is 0 Å². The molecule has 1 aromatic rings. The number of hydrogen-bond acceptors (Lipinski definition) is 2. The van der Waals surface area contributed by atoms with Gasteiger partial charge in [0, 0.05) is 10.7 Å². The Morgan fingerprint density at radius 2 is 2.19 bits per heavy atom. The van der Waals surface area contributed by atoms with E-state index in [-0.39, 0.29) is 12.1 Å². The number of para-hydroxylation sites is 1. The number of rotatable bonds is 4. The van der Waals surface area contributed by atoms with Crippen molar-refractivity contribution < 1.29 is 9.53 Å². The second kappa shape index (κ2) is 6.70. The average molecular weight is 334 g/mol. The smallest absolute Gasteiger partial charge is 0.319 e. The van der Waals surface area contributed by atoms with Crippen LogP contribution in [0.5, 0.6) is 0 Å². The molecule has 0 fully saturated rings. The number of amides is 2. The highest BCUT2D eigenvalue weighted by Crippen LogP contribution is 2.16. The summed E-state index contributed by atoms with van der Waals surface area (Å²) in [6.07, 6.45) is 0. The van der Waals surface area contributed by atoms with Crippen molar-refractivity contribution in [3.63, 3.8) is 0 Å². The van der Waals surface area contributed by atoms with Gasteiger partial charge in [0.2, 0.25) is 0 Å². The van der Waals surface area contributed by atoms with Crippen LogP contribution in [0.15, 0.2) is 24.3 Å². The molecule has 0 heterocycles. The molecule has 0 bridgehead atoms. The highest BCUT2D eigenvalue weighted by molar-refractivity contribution is 14.1. The van der Waals surface area contributed by atoms with Gasteiger partial charge in [-0.15, -0.1) is 0 Å². The monoisotopic (exact) mass is 334 g/mol. The van der Waals surface area contributed by atoms with E-state index in [1.54, 1.807) is 7.11 Å². The van der Waals surface area contributed by atoms with Crippen molar-refractivity contribution in [2.75, 3.05) is 19.0 Å². The highest BCUT2D eigenvalue weighted by atomic mass is 127. The van der Waals surface area contributed by atoms with E-state index in [4.69, 9.17) is 4.74 Å². The molecule has 5 heteroatoms. The van der Waals surface area contributed by atoms with Gasteiger partial charge in [-0.3, -0.25) is 0 Å². The van der Waals surface area contributed by atoms with Gasteiger partial charge in [0.15, 0.2) is 0 Å². The number of hydrogen-bond donors (Lipinski definition) is 2. The SMILES string of the molecule is COC[C@H](C)NC(=O)Nc1ccccc1I. The van der Waals surface area contributed by atoms with Gasteiger partial charge in [0.05, 0.1) is 18.3 Å². The molecular formula is C11H15IN2O2. The molecule has 2 amide bonds. The fraction of sp³-hybridized carbons (Fsp3) is 0.364. The summed E-state index contributed by atoms with van der Waals surface area (Å²) >= 11 is 2.18. The molecule has 1 aromatic carbocycles. The van der Waals surface area contributed by atoms with E-state index in [9.17, 15) is 4.79 Å². The van der Waals surface area contributed by atoms with Crippen LogP contribution in [-0.4, -0.2) is 25.8 Å². The van der Waals surface area contributed by atoms with Crippen molar-refractivity contribution in [1.82, 2.24) is 5.32 Å². The molecule has 0 spiro atoms. The number of methoxy groups -OCH3 is 1. The van der Waals surface area contributed by atoms with Crippen LogP contribution in [0.2, 0.25) is 0 Å². The third-order valence-electron chi connectivity index (χ3n) is 1.92. The van der Waals surface area contributed by atoms with E-state index in [1.165, 1.54) is 0 Å². The number of carbonyl (C=O) groups excluding carboxylic acids is 1. The van der Waals surface area contributed by atoms with Crippen LogP contribution >= 0.6 is 22.6 Å². The second-order valence-electron chi connectivity index (χ2n) is 3.43. The minimum atomic E-state index is -0.214. The average Bonchev–Trinajstić information content (AvgIpc) is 2.21. The highest BCUT2D eigenvalue weighted by Gasteiger charge is 2.07. The summed E-state index contributed by atoms with van der Waals surface area (Å²) < 4.78 is 5.94. The lowest BCUT2D eigenvalue weighted by molar-refractivity contribution is 0.173. The molecule has 0 aliphatic heterocycles. The predicted octanol–water partition coefficient (Wildman–Crippen LogP) is 2.45. The standard InChI is InChI=1S/C11H15IN2O2/c1-8(7-16-2)13-11(15)14-10-6-4-3-5-9(10)12/h3-6,8H,7H2,1-2H3,(H2,13,14,15)/t8-/m0/s1. The molecule has 16 heavy (non-hydrogen) atoms. The fourth-order valence-electron chi connectivity index (χ4n) is 1.24. The molecular weight excluding hydrogens is 319 g/mol. The normalized spacial score (nSPS) is 11.9. The summed E-state index contributed by atoms with van der Waals surface area (Å²) in [6.45, 7) is 2.39. The zero-order chi connectivity index (χ0) is 12.0. The second-order valence-corrected chi connectivity index (χ2v) is 4.60. The zero-order valence-corrected chi connectivity index (χ0v) is 11.4. The van der Waals surface area contributed by atoms with E-state index in [2.05, 4.69) is 33.2 Å². The third-order valence-corrected chi connectivity index (χ3v) is 2.86. The van der Waals surface area contributed by atoms with E-state index in [1.807, 2.05) is 31.2 Å². The lowest BCUT2D eigenvalue weighted by Gasteiger charge is -2.14. The molecule has 4 nitrogen and oxygen atoms in total. The van der Waals surface area contributed by atoms with Crippen molar-refractivity contribution in [2.24, 2.45) is 0 Å². The van der Waals surface area contributed by atoms with Crippen molar-refractivity contribution in [3.8, 4) is 0 Å². The maximum absolute atomic E-state index is 11.6. The number of anilines is 1. The van der Waals surface area contributed by atoms with E-state index in [0.29, 0.717) is 6.61 Å². The van der Waals surface area contributed by atoms with Crippen molar-refractivity contribution >= 4 is 34.3 Å². The number of carbonyl (C=O) groups is 1. The minimum Gasteiger partial charge on any atom is -0.383 e. The zero-order valence-electron chi connectivity index (χ0n) is 9.29. The Morgan fingerprint density at radius 3 is 2.81 bits per heavy atom. The molecule has 88 valence electrons. The molecule has 0 aliphatic rings. The summed E-state index contributed by atoms with van der Waals surface area (Å²) in [6, 6.07) is 7.39. The van der Waals surface area contributed by atoms with Crippen molar-refractivity contribution in [3.05, 3.63) is 27.8 Å². The Labute approximate surface area is 109 Å². The first kappa shape index (κ1) is 13.2. The van der Waals surface area contributed by atoms with Gasteiger partial charge < -0.3 is 15.4 Å². The number of benzene rings is 1. The lowest BCUT2D eigenvalue weighted by Crippen LogP contribution is -2.38. The summed E-state index contributed by atoms with van der Waals surface area (Å²) in [7, 11) is 1.61. The lowest BCUT2D eigenvalue weighted by atomic mass is 10.3. The largest absolute Gasteiger partial charge is 0.383 e. The van der Waals surface area contributed by atoms with Crippen LogP contribution in [0.3, 0.4) is 0 Å². The molecule has 0 aromatic heterocycles. The van der Waals surface area contributed by atoms with Crippen molar-refractivity contribution in [1.29, 1.82) is 0 Å². The molecule has 0 saturated heterocycles. The van der Waals surface area contributed by atoms with Gasteiger partial charge in [0.25, 0.3) is 0 Å². The molecule has 0 aliphatic carbocycles. The first-order valence-electron chi connectivity index (χ1n) is 4.94. The van der Waals surface area contributed by atoms with Gasteiger partial charge in [-0.25, -0.2) is 4.79 Å². The van der Waals surface area contributed by atoms with Gasteiger partial charge >= 0.3 is 6.03 Å². The Balaban J connectivity index is 2.49. The topological polar surface area (TPSA) is 50.4 Å². The summed E-state index contributed by atoms with van der Waals surface area (Å²) in [5.41, 5.74) is 0.810. The number of halogens is 1. The Bertz CT molecular complexity index is 358. The maximum Gasteiger partial charge on any atom is 0.319 e. The Hall–Kier alpha value is -0.820. The van der Waals surface area contributed by atoms with Gasteiger partial charge in [-0.2, -0.15) is 0 Å². The molecule has 2 N–H and O–H groups in total. The van der Waals surface area contributed by atoms with Crippen LogP contribution in [-0.2, 0) is 4.74 Å². The molecule has 0 saturated carbocycles.